The van der Waals surface area contributed by atoms with Crippen LogP contribution < -0.4 is 4.74 Å². The number of ether oxygens (including phenoxy) is 3. The van der Waals surface area contributed by atoms with Crippen LogP contribution in [-0.4, -0.2) is 19.4 Å². The van der Waals surface area contributed by atoms with Crippen molar-refractivity contribution in [2.45, 2.75) is 46.1 Å². The van der Waals surface area contributed by atoms with Gasteiger partial charge in [0.25, 0.3) is 0 Å². The minimum atomic E-state index is -0.663. The number of esters is 1. The highest BCUT2D eigenvalue weighted by molar-refractivity contribution is 5.87. The number of hydrogen-bond acceptors (Lipinski definition) is 4. The third-order valence-corrected chi connectivity index (χ3v) is 3.37. The lowest BCUT2D eigenvalue weighted by molar-refractivity contribution is -0.155. The molecule has 1 aromatic carbocycles. The van der Waals surface area contributed by atoms with E-state index in [0.717, 1.165) is 24.2 Å². The molecule has 0 spiro atoms. The molecule has 22 heavy (non-hydrogen) atoms. The van der Waals surface area contributed by atoms with Gasteiger partial charge in [-0.1, -0.05) is 32.1 Å². The number of carbonyl (C=O) groups excluding carboxylic acids is 1. The zero-order chi connectivity index (χ0) is 16.6. The van der Waals surface area contributed by atoms with Crippen LogP contribution in [0.4, 0.5) is 0 Å². The molecule has 122 valence electrons. The quantitative estimate of drug-likeness (QED) is 0.297. The van der Waals surface area contributed by atoms with Gasteiger partial charge in [0.1, 0.15) is 11.4 Å². The largest absolute Gasteiger partial charge is 0.468 e. The third kappa shape index (κ3) is 5.19. The van der Waals surface area contributed by atoms with E-state index in [2.05, 4.69) is 13.5 Å². The molecule has 0 radical (unpaired) electrons. The molecule has 0 N–H and O–H groups in total. The average Bonchev–Trinajstić information content (AvgIpc) is 2.48. The Labute approximate surface area is 133 Å². The Bertz CT molecular complexity index is 492. The predicted molar refractivity (Wildman–Crippen MR) is 86.7 cm³/mol. The van der Waals surface area contributed by atoms with Crippen LogP contribution in [0.2, 0.25) is 0 Å². The zero-order valence-electron chi connectivity index (χ0n) is 14.0. The fourth-order valence-corrected chi connectivity index (χ4v) is 2.12. The molecule has 4 nitrogen and oxygen atoms in total. The second kappa shape index (κ2) is 8.59. The van der Waals surface area contributed by atoms with E-state index in [-0.39, 0.29) is 12.8 Å². The Morgan fingerprint density at radius 1 is 1.23 bits per heavy atom. The fourth-order valence-electron chi connectivity index (χ4n) is 2.12. The third-order valence-electron chi connectivity index (χ3n) is 3.37. The Hall–Kier alpha value is -1.81. The predicted octanol–water partition coefficient (Wildman–Crippen LogP) is 4.19. The summed E-state index contributed by atoms with van der Waals surface area (Å²) in [5, 5.41) is 0. The highest BCUT2D eigenvalue weighted by Crippen LogP contribution is 2.32. The van der Waals surface area contributed by atoms with Crippen molar-refractivity contribution in [3.8, 4) is 5.75 Å². The summed E-state index contributed by atoms with van der Waals surface area (Å²) in [6.45, 7) is 12.0. The van der Waals surface area contributed by atoms with Gasteiger partial charge in [-0.15, -0.1) is 0 Å². The molecule has 0 aliphatic heterocycles. The van der Waals surface area contributed by atoms with E-state index in [1.165, 1.54) is 0 Å². The highest BCUT2D eigenvalue weighted by atomic mass is 16.7. The molecular formula is C18H26O4. The molecule has 1 rings (SSSR count). The summed E-state index contributed by atoms with van der Waals surface area (Å²) in [5.41, 5.74) is 0.676. The van der Waals surface area contributed by atoms with E-state index >= 15 is 0 Å². The van der Waals surface area contributed by atoms with Gasteiger partial charge < -0.3 is 14.2 Å². The van der Waals surface area contributed by atoms with E-state index in [0.29, 0.717) is 12.2 Å². The van der Waals surface area contributed by atoms with Crippen LogP contribution in [0.1, 0.15) is 46.1 Å². The Morgan fingerprint density at radius 2 is 1.86 bits per heavy atom. The van der Waals surface area contributed by atoms with Gasteiger partial charge in [-0.05, 0) is 44.9 Å². The first-order chi connectivity index (χ1) is 10.4. The first-order valence-corrected chi connectivity index (χ1v) is 7.63. The minimum absolute atomic E-state index is 0.229. The maximum atomic E-state index is 11.9. The molecule has 4 heteroatoms. The molecule has 0 aromatic heterocycles. The molecule has 0 fully saturated rings. The summed E-state index contributed by atoms with van der Waals surface area (Å²) in [6.07, 6.45) is 1.65. The summed E-state index contributed by atoms with van der Waals surface area (Å²) >= 11 is 0. The SMILES string of the molecule is C=C(C)C(=O)OC(C)(CCC)c1ccc(OCOCC)cc1. The second-order valence-electron chi connectivity index (χ2n) is 5.43. The Morgan fingerprint density at radius 3 is 2.36 bits per heavy atom. The molecule has 0 amide bonds. The molecule has 0 aliphatic carbocycles. The molecule has 0 bridgehead atoms. The van der Waals surface area contributed by atoms with E-state index in [1.54, 1.807) is 6.92 Å². The topological polar surface area (TPSA) is 44.8 Å². The minimum Gasteiger partial charge on any atom is -0.468 e. The fraction of sp³-hybridized carbons (Fsp3) is 0.500. The number of benzene rings is 1. The number of rotatable bonds is 9. The van der Waals surface area contributed by atoms with Gasteiger partial charge in [0.15, 0.2) is 6.79 Å². The van der Waals surface area contributed by atoms with Crippen molar-refractivity contribution in [3.63, 3.8) is 0 Å². The van der Waals surface area contributed by atoms with Gasteiger partial charge in [-0.25, -0.2) is 4.79 Å². The van der Waals surface area contributed by atoms with Crippen molar-refractivity contribution in [2.24, 2.45) is 0 Å². The van der Waals surface area contributed by atoms with Crippen LogP contribution in [0.5, 0.6) is 5.75 Å². The normalized spacial score (nSPS) is 13.3. The van der Waals surface area contributed by atoms with E-state index in [1.807, 2.05) is 38.1 Å². The maximum Gasteiger partial charge on any atom is 0.333 e. The first-order valence-electron chi connectivity index (χ1n) is 7.63. The second-order valence-corrected chi connectivity index (χ2v) is 5.43. The standard InChI is InChI=1S/C18H26O4/c1-6-12-18(5,22-17(19)14(3)4)15-8-10-16(11-9-15)21-13-20-7-2/h8-11H,3,6-7,12-13H2,1-2,4-5H3. The van der Waals surface area contributed by atoms with Crippen molar-refractivity contribution >= 4 is 5.97 Å². The van der Waals surface area contributed by atoms with Gasteiger partial charge >= 0.3 is 5.97 Å². The maximum absolute atomic E-state index is 11.9. The van der Waals surface area contributed by atoms with Crippen LogP contribution in [0.15, 0.2) is 36.4 Å². The molecule has 0 saturated carbocycles. The molecular weight excluding hydrogens is 280 g/mol. The van der Waals surface area contributed by atoms with Gasteiger partial charge in [0.05, 0.1) is 0 Å². The lowest BCUT2D eigenvalue weighted by atomic mass is 9.91. The van der Waals surface area contributed by atoms with E-state index in [4.69, 9.17) is 14.2 Å². The van der Waals surface area contributed by atoms with E-state index < -0.39 is 5.60 Å². The van der Waals surface area contributed by atoms with Crippen molar-refractivity contribution in [1.29, 1.82) is 0 Å². The molecule has 0 aliphatic rings. The van der Waals surface area contributed by atoms with Crippen molar-refractivity contribution < 1.29 is 19.0 Å². The van der Waals surface area contributed by atoms with Crippen LogP contribution in [-0.2, 0) is 19.9 Å². The van der Waals surface area contributed by atoms with Crippen LogP contribution in [0.25, 0.3) is 0 Å². The van der Waals surface area contributed by atoms with Gasteiger partial charge in [-0.2, -0.15) is 0 Å². The average molecular weight is 306 g/mol. The summed E-state index contributed by atoms with van der Waals surface area (Å²) in [4.78, 5) is 11.9. The van der Waals surface area contributed by atoms with Crippen LogP contribution >= 0.6 is 0 Å². The van der Waals surface area contributed by atoms with Crippen molar-refractivity contribution in [2.75, 3.05) is 13.4 Å². The summed E-state index contributed by atoms with van der Waals surface area (Å²) < 4.78 is 16.3. The smallest absolute Gasteiger partial charge is 0.333 e. The first kappa shape index (κ1) is 18.2. The molecule has 0 saturated heterocycles. The zero-order valence-corrected chi connectivity index (χ0v) is 14.0. The van der Waals surface area contributed by atoms with Gasteiger partial charge in [-0.3, -0.25) is 0 Å². The molecule has 1 unspecified atom stereocenters. The monoisotopic (exact) mass is 306 g/mol. The van der Waals surface area contributed by atoms with Crippen LogP contribution in [0, 0.1) is 0 Å². The highest BCUT2D eigenvalue weighted by Gasteiger charge is 2.30. The van der Waals surface area contributed by atoms with Gasteiger partial charge in [0.2, 0.25) is 0 Å². The molecule has 1 atom stereocenters. The van der Waals surface area contributed by atoms with Crippen molar-refractivity contribution in [1.82, 2.24) is 0 Å². The lowest BCUT2D eigenvalue weighted by Crippen LogP contribution is -2.29. The summed E-state index contributed by atoms with van der Waals surface area (Å²) in [6, 6.07) is 7.55. The Balaban J connectivity index is 2.86. The lowest BCUT2D eigenvalue weighted by Gasteiger charge is -2.30. The number of carbonyl (C=O) groups is 1. The molecule has 0 heterocycles. The van der Waals surface area contributed by atoms with Gasteiger partial charge in [0, 0.05) is 12.2 Å². The van der Waals surface area contributed by atoms with Crippen molar-refractivity contribution in [3.05, 3.63) is 42.0 Å². The molecule has 1 aromatic rings. The van der Waals surface area contributed by atoms with E-state index in [9.17, 15) is 4.79 Å². The summed E-state index contributed by atoms with van der Waals surface area (Å²) in [5.74, 6) is 0.356. The Kier molecular flexibility index (Phi) is 7.12. The van der Waals surface area contributed by atoms with Crippen LogP contribution in [0.3, 0.4) is 0 Å². The number of hydrogen-bond donors (Lipinski definition) is 0. The summed E-state index contributed by atoms with van der Waals surface area (Å²) in [7, 11) is 0.